The van der Waals surface area contributed by atoms with Gasteiger partial charge in [0.05, 0.1) is 24.8 Å². The summed E-state index contributed by atoms with van der Waals surface area (Å²) in [6.45, 7) is 6.02. The van der Waals surface area contributed by atoms with E-state index in [1.54, 1.807) is 10.9 Å². The SMILES string of the molecule is Cl.Cn1ncc2c(NCc3ccccc3)nc(NCCN3CCOCC3)nc21. The van der Waals surface area contributed by atoms with Crippen LogP contribution in [-0.4, -0.2) is 64.0 Å². The lowest BCUT2D eigenvalue weighted by atomic mass is 10.2. The summed E-state index contributed by atoms with van der Waals surface area (Å²) in [5, 5.41) is 12.0. The second-order valence-electron chi connectivity index (χ2n) is 6.62. The number of nitrogens with zero attached hydrogens (tertiary/aromatic N) is 5. The van der Waals surface area contributed by atoms with Crippen LogP contribution in [0, 0.1) is 0 Å². The van der Waals surface area contributed by atoms with Gasteiger partial charge in [0.15, 0.2) is 5.65 Å². The first-order chi connectivity index (χ1) is 13.3. The molecule has 2 N–H and O–H groups in total. The van der Waals surface area contributed by atoms with Crippen molar-refractivity contribution in [2.24, 2.45) is 7.05 Å². The zero-order valence-electron chi connectivity index (χ0n) is 16.0. The van der Waals surface area contributed by atoms with E-state index in [1.807, 2.05) is 25.2 Å². The van der Waals surface area contributed by atoms with Crippen LogP contribution >= 0.6 is 12.4 Å². The molecule has 0 bridgehead atoms. The maximum absolute atomic E-state index is 5.39. The van der Waals surface area contributed by atoms with Crippen molar-refractivity contribution >= 4 is 35.2 Å². The van der Waals surface area contributed by atoms with E-state index in [0.717, 1.165) is 56.2 Å². The zero-order chi connectivity index (χ0) is 18.5. The van der Waals surface area contributed by atoms with Crippen LogP contribution in [-0.2, 0) is 18.3 Å². The van der Waals surface area contributed by atoms with Gasteiger partial charge in [0.25, 0.3) is 0 Å². The fraction of sp³-hybridized carbons (Fsp3) is 0.421. The third-order valence-electron chi connectivity index (χ3n) is 4.71. The molecule has 9 heteroatoms. The molecule has 3 heterocycles. The van der Waals surface area contributed by atoms with E-state index in [0.29, 0.717) is 12.5 Å². The Labute approximate surface area is 170 Å². The normalized spacial score (nSPS) is 14.6. The molecular formula is C19H26ClN7O. The van der Waals surface area contributed by atoms with Crippen molar-refractivity contribution in [3.63, 3.8) is 0 Å². The Bertz CT molecular complexity index is 881. The van der Waals surface area contributed by atoms with Gasteiger partial charge in [-0.2, -0.15) is 15.1 Å². The summed E-state index contributed by atoms with van der Waals surface area (Å²) in [5.74, 6) is 1.42. The smallest absolute Gasteiger partial charge is 0.226 e. The lowest BCUT2D eigenvalue weighted by Crippen LogP contribution is -2.39. The van der Waals surface area contributed by atoms with E-state index in [-0.39, 0.29) is 12.4 Å². The quantitative estimate of drug-likeness (QED) is 0.625. The molecule has 28 heavy (non-hydrogen) atoms. The third-order valence-corrected chi connectivity index (χ3v) is 4.71. The molecule has 0 aliphatic carbocycles. The Morgan fingerprint density at radius 3 is 2.64 bits per heavy atom. The molecule has 4 rings (SSSR count). The summed E-state index contributed by atoms with van der Waals surface area (Å²) in [6.07, 6.45) is 1.81. The number of nitrogens with one attached hydrogen (secondary N) is 2. The van der Waals surface area contributed by atoms with Crippen LogP contribution in [0.3, 0.4) is 0 Å². The maximum Gasteiger partial charge on any atom is 0.226 e. The molecule has 0 spiro atoms. The number of hydrogen-bond donors (Lipinski definition) is 2. The molecule has 1 saturated heterocycles. The molecule has 0 radical (unpaired) electrons. The monoisotopic (exact) mass is 403 g/mol. The minimum atomic E-state index is 0. The summed E-state index contributed by atoms with van der Waals surface area (Å²) >= 11 is 0. The fourth-order valence-corrected chi connectivity index (χ4v) is 3.17. The number of halogens is 1. The highest BCUT2D eigenvalue weighted by Crippen LogP contribution is 2.22. The van der Waals surface area contributed by atoms with Gasteiger partial charge in [0.1, 0.15) is 5.82 Å². The lowest BCUT2D eigenvalue weighted by Gasteiger charge is -2.26. The van der Waals surface area contributed by atoms with Crippen molar-refractivity contribution in [3.05, 3.63) is 42.1 Å². The number of rotatable bonds is 7. The highest BCUT2D eigenvalue weighted by Gasteiger charge is 2.13. The van der Waals surface area contributed by atoms with Crippen molar-refractivity contribution < 1.29 is 4.74 Å². The summed E-state index contributed by atoms with van der Waals surface area (Å²) in [7, 11) is 1.90. The topological polar surface area (TPSA) is 80.1 Å². The molecule has 0 atom stereocenters. The van der Waals surface area contributed by atoms with Gasteiger partial charge in [-0.3, -0.25) is 9.58 Å². The third kappa shape index (κ3) is 4.89. The predicted octanol–water partition coefficient (Wildman–Crippen LogP) is 2.14. The van der Waals surface area contributed by atoms with E-state index in [1.165, 1.54) is 5.56 Å². The summed E-state index contributed by atoms with van der Waals surface area (Å²) in [6, 6.07) is 10.3. The van der Waals surface area contributed by atoms with Crippen LogP contribution in [0.15, 0.2) is 36.5 Å². The first-order valence-corrected chi connectivity index (χ1v) is 9.31. The average Bonchev–Trinajstić information content (AvgIpc) is 3.09. The first-order valence-electron chi connectivity index (χ1n) is 9.31. The summed E-state index contributed by atoms with van der Waals surface area (Å²) in [5.41, 5.74) is 2.02. The first kappa shape index (κ1) is 20.3. The van der Waals surface area contributed by atoms with Crippen molar-refractivity contribution in [1.29, 1.82) is 0 Å². The van der Waals surface area contributed by atoms with Crippen molar-refractivity contribution in [2.45, 2.75) is 6.54 Å². The molecule has 2 aromatic heterocycles. The minimum absolute atomic E-state index is 0. The average molecular weight is 404 g/mol. The second-order valence-corrected chi connectivity index (χ2v) is 6.62. The van der Waals surface area contributed by atoms with E-state index in [2.05, 4.69) is 42.7 Å². The van der Waals surface area contributed by atoms with Crippen LogP contribution in [0.2, 0.25) is 0 Å². The molecule has 3 aromatic rings. The molecule has 150 valence electrons. The molecule has 0 amide bonds. The van der Waals surface area contributed by atoms with Gasteiger partial charge in [0.2, 0.25) is 5.95 Å². The van der Waals surface area contributed by atoms with Crippen LogP contribution in [0.1, 0.15) is 5.56 Å². The maximum atomic E-state index is 5.39. The van der Waals surface area contributed by atoms with Gasteiger partial charge in [-0.1, -0.05) is 30.3 Å². The van der Waals surface area contributed by atoms with Crippen LogP contribution in [0.4, 0.5) is 11.8 Å². The van der Waals surface area contributed by atoms with Crippen molar-refractivity contribution in [1.82, 2.24) is 24.6 Å². The van der Waals surface area contributed by atoms with Gasteiger partial charge >= 0.3 is 0 Å². The Morgan fingerprint density at radius 1 is 1.07 bits per heavy atom. The van der Waals surface area contributed by atoms with Gasteiger partial charge in [-0.25, -0.2) is 0 Å². The minimum Gasteiger partial charge on any atom is -0.379 e. The van der Waals surface area contributed by atoms with E-state index < -0.39 is 0 Å². The number of anilines is 2. The fourth-order valence-electron chi connectivity index (χ4n) is 3.17. The lowest BCUT2D eigenvalue weighted by molar-refractivity contribution is 0.0398. The largest absolute Gasteiger partial charge is 0.379 e. The Morgan fingerprint density at radius 2 is 1.86 bits per heavy atom. The molecule has 8 nitrogen and oxygen atoms in total. The van der Waals surface area contributed by atoms with Crippen LogP contribution in [0.25, 0.3) is 11.0 Å². The van der Waals surface area contributed by atoms with Gasteiger partial charge in [-0.15, -0.1) is 12.4 Å². The number of benzene rings is 1. The molecule has 0 saturated carbocycles. The molecule has 1 aliphatic heterocycles. The molecule has 1 aliphatic rings. The Balaban J connectivity index is 0.00000225. The van der Waals surface area contributed by atoms with Crippen molar-refractivity contribution in [3.8, 4) is 0 Å². The molecule has 1 fully saturated rings. The standard InChI is InChI=1S/C19H25N7O.ClH/c1-25-18-16(14-22-25)17(21-13-15-5-3-2-4-6-15)23-19(24-18)20-7-8-26-9-11-27-12-10-26;/h2-6,14H,7-13H2,1H3,(H2,20,21,23,24);1H. The van der Waals surface area contributed by atoms with Gasteiger partial charge < -0.3 is 15.4 Å². The molecule has 1 aromatic carbocycles. The van der Waals surface area contributed by atoms with Crippen LogP contribution < -0.4 is 10.6 Å². The van der Waals surface area contributed by atoms with E-state index in [4.69, 9.17) is 4.74 Å². The highest BCUT2D eigenvalue weighted by atomic mass is 35.5. The van der Waals surface area contributed by atoms with Gasteiger partial charge in [0, 0.05) is 39.8 Å². The number of fused-ring (bicyclic) bond motifs is 1. The second kappa shape index (κ2) is 9.68. The summed E-state index contributed by atoms with van der Waals surface area (Å²) in [4.78, 5) is 11.7. The van der Waals surface area contributed by atoms with Crippen LogP contribution in [0.5, 0.6) is 0 Å². The van der Waals surface area contributed by atoms with E-state index in [9.17, 15) is 0 Å². The number of ether oxygens (including phenoxy) is 1. The molecule has 0 unspecified atom stereocenters. The summed E-state index contributed by atoms with van der Waals surface area (Å²) < 4.78 is 7.17. The number of morpholine rings is 1. The predicted molar refractivity (Wildman–Crippen MR) is 113 cm³/mol. The van der Waals surface area contributed by atoms with E-state index >= 15 is 0 Å². The number of aryl methyl sites for hydroxylation is 1. The van der Waals surface area contributed by atoms with Gasteiger partial charge in [-0.05, 0) is 5.56 Å². The zero-order valence-corrected chi connectivity index (χ0v) is 16.8. The Kier molecular flexibility index (Phi) is 7.02. The number of hydrogen-bond acceptors (Lipinski definition) is 7. The Hall–Kier alpha value is -2.42. The highest BCUT2D eigenvalue weighted by molar-refractivity contribution is 5.87. The van der Waals surface area contributed by atoms with Crippen molar-refractivity contribution in [2.75, 3.05) is 50.0 Å². The molecular weight excluding hydrogens is 378 g/mol. The number of aromatic nitrogens is 4.